The number of benzene rings is 1. The monoisotopic (exact) mass is 255 g/mol. The Morgan fingerprint density at radius 3 is 2.71 bits per heavy atom. The molecular weight excluding hydrogens is 238 g/mol. The van der Waals surface area contributed by atoms with Gasteiger partial charge in [0, 0.05) is 12.0 Å². The van der Waals surface area contributed by atoms with Crippen molar-refractivity contribution in [1.82, 2.24) is 0 Å². The Morgan fingerprint density at radius 1 is 1.47 bits per heavy atom. The molecular formula is C13H18ClNO2. The summed E-state index contributed by atoms with van der Waals surface area (Å²) in [5, 5.41) is 0.664. The van der Waals surface area contributed by atoms with Crippen LogP contribution in [0.2, 0.25) is 5.02 Å². The standard InChI is InChI=1S/C13H18ClNO2/c1-2-17-12-4-3-10(5-11(12)14)6-13(7-15)8-16-9-13/h3-5H,2,6-9,15H2,1H3. The second kappa shape index (κ2) is 5.25. The van der Waals surface area contributed by atoms with E-state index in [0.29, 0.717) is 18.2 Å². The lowest BCUT2D eigenvalue weighted by Crippen LogP contribution is -2.49. The molecule has 94 valence electrons. The minimum atomic E-state index is 0.108. The highest BCUT2D eigenvalue weighted by atomic mass is 35.5. The van der Waals surface area contributed by atoms with E-state index < -0.39 is 0 Å². The van der Waals surface area contributed by atoms with Gasteiger partial charge in [-0.25, -0.2) is 0 Å². The fraction of sp³-hybridized carbons (Fsp3) is 0.538. The van der Waals surface area contributed by atoms with Gasteiger partial charge in [0.15, 0.2) is 0 Å². The summed E-state index contributed by atoms with van der Waals surface area (Å²) in [6.07, 6.45) is 0.912. The Morgan fingerprint density at radius 2 is 2.24 bits per heavy atom. The van der Waals surface area contributed by atoms with Crippen LogP contribution in [0.3, 0.4) is 0 Å². The van der Waals surface area contributed by atoms with Crippen molar-refractivity contribution < 1.29 is 9.47 Å². The molecule has 1 aliphatic heterocycles. The van der Waals surface area contributed by atoms with Gasteiger partial charge in [-0.05, 0) is 31.0 Å². The first-order valence-corrected chi connectivity index (χ1v) is 6.26. The van der Waals surface area contributed by atoms with Crippen molar-refractivity contribution in [3.8, 4) is 5.75 Å². The van der Waals surface area contributed by atoms with Gasteiger partial charge in [0.05, 0.1) is 24.8 Å². The van der Waals surface area contributed by atoms with Crippen LogP contribution >= 0.6 is 11.6 Å². The highest BCUT2D eigenvalue weighted by Gasteiger charge is 2.37. The summed E-state index contributed by atoms with van der Waals surface area (Å²) in [6.45, 7) is 4.71. The maximum absolute atomic E-state index is 6.15. The predicted octanol–water partition coefficient (Wildman–Crippen LogP) is 2.26. The van der Waals surface area contributed by atoms with Crippen molar-refractivity contribution in [3.63, 3.8) is 0 Å². The van der Waals surface area contributed by atoms with Crippen molar-refractivity contribution in [2.24, 2.45) is 11.1 Å². The fourth-order valence-corrected chi connectivity index (χ4v) is 2.30. The van der Waals surface area contributed by atoms with Gasteiger partial charge >= 0.3 is 0 Å². The molecule has 0 aromatic heterocycles. The van der Waals surface area contributed by atoms with E-state index in [0.717, 1.165) is 25.4 Å². The van der Waals surface area contributed by atoms with Gasteiger partial charge in [-0.2, -0.15) is 0 Å². The Bertz CT molecular complexity index is 385. The molecule has 0 spiro atoms. The molecule has 2 N–H and O–H groups in total. The molecule has 0 saturated carbocycles. The molecule has 1 aliphatic rings. The maximum atomic E-state index is 6.15. The maximum Gasteiger partial charge on any atom is 0.137 e. The van der Waals surface area contributed by atoms with Gasteiger partial charge in [0.1, 0.15) is 5.75 Å². The summed E-state index contributed by atoms with van der Waals surface area (Å²) in [5.41, 5.74) is 7.09. The van der Waals surface area contributed by atoms with Gasteiger partial charge in [0.25, 0.3) is 0 Å². The van der Waals surface area contributed by atoms with E-state index in [-0.39, 0.29) is 5.41 Å². The lowest BCUT2D eigenvalue weighted by atomic mass is 9.80. The van der Waals surface area contributed by atoms with Crippen molar-refractivity contribution in [2.45, 2.75) is 13.3 Å². The fourth-order valence-electron chi connectivity index (χ4n) is 2.04. The molecule has 0 unspecified atom stereocenters. The molecule has 0 amide bonds. The summed E-state index contributed by atoms with van der Waals surface area (Å²) in [7, 11) is 0. The molecule has 1 heterocycles. The summed E-state index contributed by atoms with van der Waals surface area (Å²) >= 11 is 6.15. The number of hydrogen-bond donors (Lipinski definition) is 1. The number of rotatable bonds is 5. The van der Waals surface area contributed by atoms with E-state index in [2.05, 4.69) is 0 Å². The van der Waals surface area contributed by atoms with Crippen molar-refractivity contribution >= 4 is 11.6 Å². The largest absolute Gasteiger partial charge is 0.492 e. The van der Waals surface area contributed by atoms with Gasteiger partial charge in [-0.15, -0.1) is 0 Å². The van der Waals surface area contributed by atoms with Crippen molar-refractivity contribution in [2.75, 3.05) is 26.4 Å². The SMILES string of the molecule is CCOc1ccc(CC2(CN)COC2)cc1Cl. The number of ether oxygens (including phenoxy) is 2. The quantitative estimate of drug-likeness (QED) is 0.878. The first kappa shape index (κ1) is 12.7. The Labute approximate surface area is 107 Å². The van der Waals surface area contributed by atoms with E-state index >= 15 is 0 Å². The molecule has 17 heavy (non-hydrogen) atoms. The van der Waals surface area contributed by atoms with Crippen LogP contribution in [0, 0.1) is 5.41 Å². The average molecular weight is 256 g/mol. The lowest BCUT2D eigenvalue weighted by Gasteiger charge is -2.40. The van der Waals surface area contributed by atoms with Crippen LogP contribution in [-0.2, 0) is 11.2 Å². The zero-order chi connectivity index (χ0) is 12.3. The summed E-state index contributed by atoms with van der Waals surface area (Å²) in [6, 6.07) is 5.93. The molecule has 1 aromatic carbocycles. The van der Waals surface area contributed by atoms with E-state index in [1.54, 1.807) is 0 Å². The Hall–Kier alpha value is -0.770. The minimum absolute atomic E-state index is 0.108. The highest BCUT2D eigenvalue weighted by molar-refractivity contribution is 6.32. The topological polar surface area (TPSA) is 44.5 Å². The number of halogens is 1. The zero-order valence-electron chi connectivity index (χ0n) is 10.0. The van der Waals surface area contributed by atoms with Gasteiger partial charge < -0.3 is 15.2 Å². The van der Waals surface area contributed by atoms with Crippen molar-refractivity contribution in [3.05, 3.63) is 28.8 Å². The van der Waals surface area contributed by atoms with Crippen LogP contribution in [0.5, 0.6) is 5.75 Å². The van der Waals surface area contributed by atoms with Gasteiger partial charge in [0.2, 0.25) is 0 Å². The van der Waals surface area contributed by atoms with Crippen LogP contribution in [0.1, 0.15) is 12.5 Å². The summed E-state index contributed by atoms with van der Waals surface area (Å²) in [5.74, 6) is 0.740. The minimum Gasteiger partial charge on any atom is -0.492 e. The molecule has 0 bridgehead atoms. The molecule has 3 nitrogen and oxygen atoms in total. The van der Waals surface area contributed by atoms with Crippen LogP contribution in [0.15, 0.2) is 18.2 Å². The first-order chi connectivity index (χ1) is 8.19. The molecule has 2 rings (SSSR count). The third-order valence-corrected chi connectivity index (χ3v) is 3.42. The average Bonchev–Trinajstić information content (AvgIpc) is 2.27. The smallest absolute Gasteiger partial charge is 0.137 e. The van der Waals surface area contributed by atoms with Gasteiger partial charge in [-0.3, -0.25) is 0 Å². The molecule has 1 saturated heterocycles. The third-order valence-electron chi connectivity index (χ3n) is 3.12. The number of nitrogens with two attached hydrogens (primary N) is 1. The zero-order valence-corrected chi connectivity index (χ0v) is 10.8. The Balaban J connectivity index is 2.09. The predicted molar refractivity (Wildman–Crippen MR) is 68.6 cm³/mol. The third kappa shape index (κ3) is 2.73. The first-order valence-electron chi connectivity index (χ1n) is 5.88. The molecule has 1 fully saturated rings. The van der Waals surface area contributed by atoms with Crippen molar-refractivity contribution in [1.29, 1.82) is 0 Å². The highest BCUT2D eigenvalue weighted by Crippen LogP contribution is 2.33. The Kier molecular flexibility index (Phi) is 3.92. The van der Waals surface area contributed by atoms with Crippen LogP contribution in [0.4, 0.5) is 0 Å². The molecule has 4 heteroatoms. The van der Waals surface area contributed by atoms with E-state index in [1.165, 1.54) is 5.56 Å². The van der Waals surface area contributed by atoms with Gasteiger partial charge in [-0.1, -0.05) is 17.7 Å². The molecule has 0 radical (unpaired) electrons. The normalized spacial score (nSPS) is 17.6. The molecule has 0 aliphatic carbocycles. The summed E-state index contributed by atoms with van der Waals surface area (Å²) < 4.78 is 10.7. The number of hydrogen-bond acceptors (Lipinski definition) is 3. The van der Waals surface area contributed by atoms with Crippen LogP contribution < -0.4 is 10.5 Å². The molecule has 1 aromatic rings. The van der Waals surface area contributed by atoms with Crippen LogP contribution in [-0.4, -0.2) is 26.4 Å². The summed E-state index contributed by atoms with van der Waals surface area (Å²) in [4.78, 5) is 0. The van der Waals surface area contributed by atoms with E-state index in [1.807, 2.05) is 25.1 Å². The van der Waals surface area contributed by atoms with Crippen LogP contribution in [0.25, 0.3) is 0 Å². The second-order valence-electron chi connectivity index (χ2n) is 4.57. The second-order valence-corrected chi connectivity index (χ2v) is 4.98. The van der Waals surface area contributed by atoms with E-state index in [9.17, 15) is 0 Å². The van der Waals surface area contributed by atoms with E-state index in [4.69, 9.17) is 26.8 Å². The lowest BCUT2D eigenvalue weighted by molar-refractivity contribution is -0.106. The molecule has 0 atom stereocenters.